The van der Waals surface area contributed by atoms with E-state index >= 15 is 0 Å². The first kappa shape index (κ1) is 19.5. The molecule has 1 N–H and O–H groups in total. The van der Waals surface area contributed by atoms with Gasteiger partial charge in [-0.1, -0.05) is 6.07 Å². The number of nitrogens with one attached hydrogen (secondary N) is 1. The number of rotatable bonds is 6. The van der Waals surface area contributed by atoms with Crippen LogP contribution >= 0.6 is 0 Å². The molecule has 0 radical (unpaired) electrons. The smallest absolute Gasteiger partial charge is 0.255 e. The molecular formula is C23H27N3O3. The number of ether oxygens (including phenoxy) is 2. The van der Waals surface area contributed by atoms with Crippen molar-refractivity contribution in [2.24, 2.45) is 0 Å². The normalized spacial score (nSPS) is 15.9. The molecule has 1 aliphatic carbocycles. The number of carbonyl (C=O) groups excluding carboxylic acids is 1. The fourth-order valence-corrected chi connectivity index (χ4v) is 4.07. The summed E-state index contributed by atoms with van der Waals surface area (Å²) in [4.78, 5) is 17.7. The Hall–Kier alpha value is -2.86. The Morgan fingerprint density at radius 2 is 2.10 bits per heavy atom. The van der Waals surface area contributed by atoms with Crippen molar-refractivity contribution in [3.05, 3.63) is 64.6 Å². The fourth-order valence-electron chi connectivity index (χ4n) is 4.07. The standard InChI is InChI=1S/C23H27N3O3/c1-15-13-16(2)26-10-9-19(22(26)24-15)23(27)25-21-6-4-5-17-7-8-18(14-20(17)21)29-12-11-28-3/h7-10,13-14,21H,4-6,11-12H2,1-3H3,(H,25,27). The summed E-state index contributed by atoms with van der Waals surface area (Å²) in [7, 11) is 1.66. The van der Waals surface area contributed by atoms with Gasteiger partial charge in [0, 0.05) is 24.7 Å². The van der Waals surface area contributed by atoms with Gasteiger partial charge in [-0.2, -0.15) is 0 Å². The van der Waals surface area contributed by atoms with Crippen molar-refractivity contribution >= 4 is 11.6 Å². The molecular weight excluding hydrogens is 366 g/mol. The molecule has 1 atom stereocenters. The van der Waals surface area contributed by atoms with E-state index in [1.165, 1.54) is 5.56 Å². The monoisotopic (exact) mass is 393 g/mol. The maximum Gasteiger partial charge on any atom is 0.255 e. The number of hydrogen-bond donors (Lipinski definition) is 1. The first-order valence-corrected chi connectivity index (χ1v) is 10.1. The van der Waals surface area contributed by atoms with E-state index in [9.17, 15) is 4.79 Å². The van der Waals surface area contributed by atoms with Crippen molar-refractivity contribution in [3.63, 3.8) is 0 Å². The highest BCUT2D eigenvalue weighted by Gasteiger charge is 2.24. The molecule has 0 bridgehead atoms. The summed E-state index contributed by atoms with van der Waals surface area (Å²) < 4.78 is 12.8. The van der Waals surface area contributed by atoms with Crippen molar-refractivity contribution in [1.82, 2.24) is 14.7 Å². The van der Waals surface area contributed by atoms with Gasteiger partial charge in [0.1, 0.15) is 18.0 Å². The number of fused-ring (bicyclic) bond motifs is 2. The Labute approximate surface area is 170 Å². The summed E-state index contributed by atoms with van der Waals surface area (Å²) in [6.45, 7) is 5.02. The van der Waals surface area contributed by atoms with E-state index < -0.39 is 0 Å². The molecule has 0 saturated carbocycles. The highest BCUT2D eigenvalue weighted by Crippen LogP contribution is 2.33. The van der Waals surface area contributed by atoms with E-state index in [0.29, 0.717) is 24.4 Å². The first-order valence-electron chi connectivity index (χ1n) is 10.1. The number of carbonyl (C=O) groups is 1. The summed E-state index contributed by atoms with van der Waals surface area (Å²) in [5.74, 6) is 0.720. The molecule has 1 unspecified atom stereocenters. The molecule has 0 fully saturated rings. The number of hydrogen-bond acceptors (Lipinski definition) is 4. The number of aromatic nitrogens is 2. The highest BCUT2D eigenvalue weighted by molar-refractivity contribution is 6.00. The van der Waals surface area contributed by atoms with Gasteiger partial charge in [0.2, 0.25) is 0 Å². The molecule has 152 valence electrons. The largest absolute Gasteiger partial charge is 0.491 e. The number of nitrogens with zero attached hydrogens (tertiary/aromatic N) is 2. The zero-order valence-corrected chi connectivity index (χ0v) is 17.2. The predicted molar refractivity (Wildman–Crippen MR) is 112 cm³/mol. The van der Waals surface area contributed by atoms with E-state index in [-0.39, 0.29) is 11.9 Å². The second kappa shape index (κ2) is 8.25. The van der Waals surface area contributed by atoms with Gasteiger partial charge in [-0.25, -0.2) is 4.98 Å². The highest BCUT2D eigenvalue weighted by atomic mass is 16.5. The average molecular weight is 393 g/mol. The third-order valence-corrected chi connectivity index (χ3v) is 5.48. The Morgan fingerprint density at radius 3 is 2.93 bits per heavy atom. The SMILES string of the molecule is COCCOc1ccc2c(c1)C(NC(=O)c1ccn3c(C)cc(C)nc13)CCC2. The third-order valence-electron chi connectivity index (χ3n) is 5.48. The van der Waals surface area contributed by atoms with Crippen molar-refractivity contribution in [2.45, 2.75) is 39.2 Å². The second-order valence-electron chi connectivity index (χ2n) is 7.58. The van der Waals surface area contributed by atoms with E-state index in [0.717, 1.165) is 42.0 Å². The molecule has 6 heteroatoms. The maximum atomic E-state index is 13.1. The van der Waals surface area contributed by atoms with Crippen LogP contribution in [0, 0.1) is 13.8 Å². The summed E-state index contributed by atoms with van der Waals surface area (Å²) in [6.07, 6.45) is 4.89. The lowest BCUT2D eigenvalue weighted by Gasteiger charge is -2.27. The Kier molecular flexibility index (Phi) is 5.53. The Morgan fingerprint density at radius 1 is 1.24 bits per heavy atom. The lowest BCUT2D eigenvalue weighted by molar-refractivity contribution is 0.0934. The zero-order chi connectivity index (χ0) is 20.4. The first-order chi connectivity index (χ1) is 14.1. The molecule has 6 nitrogen and oxygen atoms in total. The van der Waals surface area contributed by atoms with E-state index in [1.54, 1.807) is 7.11 Å². The van der Waals surface area contributed by atoms with Crippen molar-refractivity contribution in [3.8, 4) is 5.75 Å². The van der Waals surface area contributed by atoms with E-state index in [2.05, 4.69) is 22.4 Å². The Bertz CT molecular complexity index is 1040. The summed E-state index contributed by atoms with van der Waals surface area (Å²) in [5, 5.41) is 3.23. The van der Waals surface area contributed by atoms with Gasteiger partial charge >= 0.3 is 0 Å². The molecule has 3 aromatic rings. The molecule has 1 aliphatic rings. The van der Waals surface area contributed by atoms with Gasteiger partial charge in [-0.05, 0) is 68.5 Å². The molecule has 2 aromatic heterocycles. The van der Waals surface area contributed by atoms with Gasteiger partial charge in [-0.15, -0.1) is 0 Å². The second-order valence-corrected chi connectivity index (χ2v) is 7.58. The number of amides is 1. The summed E-state index contributed by atoms with van der Waals surface area (Å²) in [6, 6.07) is 9.99. The molecule has 0 spiro atoms. The number of benzene rings is 1. The minimum atomic E-state index is -0.0893. The average Bonchev–Trinajstić information content (AvgIpc) is 3.13. The van der Waals surface area contributed by atoms with Gasteiger partial charge < -0.3 is 19.2 Å². The van der Waals surface area contributed by atoms with Gasteiger partial charge in [0.25, 0.3) is 5.91 Å². The summed E-state index contributed by atoms with van der Waals surface area (Å²) in [5.41, 5.74) is 5.69. The minimum absolute atomic E-state index is 0.0296. The molecule has 1 amide bonds. The van der Waals surface area contributed by atoms with Crippen LogP contribution < -0.4 is 10.1 Å². The van der Waals surface area contributed by atoms with Crippen LogP contribution in [-0.4, -0.2) is 35.6 Å². The summed E-state index contributed by atoms with van der Waals surface area (Å²) >= 11 is 0. The van der Waals surface area contributed by atoms with Crippen LogP contribution in [0.1, 0.15) is 51.8 Å². The molecule has 1 aromatic carbocycles. The number of methoxy groups -OCH3 is 1. The van der Waals surface area contributed by atoms with Crippen LogP contribution in [0.4, 0.5) is 0 Å². The minimum Gasteiger partial charge on any atom is -0.491 e. The predicted octanol–water partition coefficient (Wildman–Crippen LogP) is 3.78. The molecule has 29 heavy (non-hydrogen) atoms. The van der Waals surface area contributed by atoms with Crippen LogP contribution in [0.5, 0.6) is 5.75 Å². The van der Waals surface area contributed by atoms with E-state index in [4.69, 9.17) is 9.47 Å². The van der Waals surface area contributed by atoms with Crippen LogP contribution in [0.2, 0.25) is 0 Å². The third kappa shape index (κ3) is 3.98. The quantitative estimate of drug-likeness (QED) is 0.647. The van der Waals surface area contributed by atoms with Crippen LogP contribution in [0.15, 0.2) is 36.5 Å². The van der Waals surface area contributed by atoms with Crippen LogP contribution in [0.3, 0.4) is 0 Å². The topological polar surface area (TPSA) is 64.9 Å². The molecule has 0 saturated heterocycles. The van der Waals surface area contributed by atoms with Crippen molar-refractivity contribution in [2.75, 3.05) is 20.3 Å². The molecule has 0 aliphatic heterocycles. The molecule has 2 heterocycles. The molecule has 4 rings (SSSR count). The van der Waals surface area contributed by atoms with Crippen LogP contribution in [0.25, 0.3) is 5.65 Å². The lowest BCUT2D eigenvalue weighted by atomic mass is 9.87. The van der Waals surface area contributed by atoms with Gasteiger partial charge in [-0.3, -0.25) is 4.79 Å². The lowest BCUT2D eigenvalue weighted by Crippen LogP contribution is -2.31. The fraction of sp³-hybridized carbons (Fsp3) is 0.391. The van der Waals surface area contributed by atoms with Crippen LogP contribution in [-0.2, 0) is 11.2 Å². The maximum absolute atomic E-state index is 13.1. The zero-order valence-electron chi connectivity index (χ0n) is 17.2. The van der Waals surface area contributed by atoms with E-state index in [1.807, 2.05) is 42.6 Å². The van der Waals surface area contributed by atoms with Crippen molar-refractivity contribution < 1.29 is 14.3 Å². The number of aryl methyl sites for hydroxylation is 3. The van der Waals surface area contributed by atoms with Gasteiger partial charge in [0.15, 0.2) is 0 Å². The van der Waals surface area contributed by atoms with Gasteiger partial charge in [0.05, 0.1) is 18.2 Å². The van der Waals surface area contributed by atoms with Crippen molar-refractivity contribution in [1.29, 1.82) is 0 Å². The Balaban J connectivity index is 1.58.